The summed E-state index contributed by atoms with van der Waals surface area (Å²) >= 11 is 7.37. The molecule has 0 aliphatic heterocycles. The number of benzene rings is 2. The van der Waals surface area contributed by atoms with Crippen molar-refractivity contribution in [2.45, 2.75) is 19.4 Å². The van der Waals surface area contributed by atoms with E-state index in [1.807, 2.05) is 12.1 Å². The molecular formula is C21H23ClN4O5S2. The predicted octanol–water partition coefficient (Wildman–Crippen LogP) is 4.06. The van der Waals surface area contributed by atoms with Gasteiger partial charge >= 0.3 is 0 Å². The van der Waals surface area contributed by atoms with Gasteiger partial charge in [0.15, 0.2) is 0 Å². The number of sulfonamides is 1. The topological polar surface area (TPSA) is 111 Å². The molecule has 0 fully saturated rings. The molecule has 2 aromatic carbocycles. The number of aromatic nitrogens is 2. The van der Waals surface area contributed by atoms with E-state index < -0.39 is 22.0 Å². The summed E-state index contributed by atoms with van der Waals surface area (Å²) in [4.78, 5) is 13.1. The van der Waals surface area contributed by atoms with Crippen molar-refractivity contribution >= 4 is 49.7 Å². The van der Waals surface area contributed by atoms with E-state index >= 15 is 0 Å². The lowest BCUT2D eigenvalue weighted by Gasteiger charge is -2.30. The molecule has 0 saturated heterocycles. The summed E-state index contributed by atoms with van der Waals surface area (Å²) in [6.07, 6.45) is 1.25. The van der Waals surface area contributed by atoms with Gasteiger partial charge in [-0.3, -0.25) is 14.4 Å². The lowest BCUT2D eigenvalue weighted by molar-refractivity contribution is -0.117. The van der Waals surface area contributed by atoms with Gasteiger partial charge in [-0.05, 0) is 48.9 Å². The molecule has 0 bridgehead atoms. The third-order valence-corrected chi connectivity index (χ3v) is 7.07. The van der Waals surface area contributed by atoms with Crippen LogP contribution in [-0.4, -0.2) is 51.0 Å². The summed E-state index contributed by atoms with van der Waals surface area (Å²) in [6, 6.07) is 10.8. The molecule has 0 radical (unpaired) electrons. The first-order chi connectivity index (χ1) is 15.7. The molecule has 176 valence electrons. The molecule has 0 aliphatic carbocycles. The predicted molar refractivity (Wildman–Crippen MR) is 130 cm³/mol. The molecule has 1 N–H and O–H groups in total. The first-order valence-electron chi connectivity index (χ1n) is 9.79. The first-order valence-corrected chi connectivity index (χ1v) is 12.8. The quantitative estimate of drug-likeness (QED) is 0.462. The van der Waals surface area contributed by atoms with E-state index in [2.05, 4.69) is 15.5 Å². The van der Waals surface area contributed by atoms with Gasteiger partial charge in [-0.2, -0.15) is 0 Å². The van der Waals surface area contributed by atoms with Gasteiger partial charge in [-0.1, -0.05) is 29.9 Å². The average molecular weight is 511 g/mol. The van der Waals surface area contributed by atoms with E-state index in [0.29, 0.717) is 16.5 Å². The van der Waals surface area contributed by atoms with Crippen LogP contribution in [0.3, 0.4) is 0 Å². The maximum atomic E-state index is 13.1. The fourth-order valence-electron chi connectivity index (χ4n) is 3.17. The van der Waals surface area contributed by atoms with E-state index in [0.717, 1.165) is 16.1 Å². The number of halogens is 1. The Morgan fingerprint density at radius 3 is 2.39 bits per heavy atom. The highest BCUT2D eigenvalue weighted by Gasteiger charge is 2.32. The van der Waals surface area contributed by atoms with Crippen LogP contribution in [0.2, 0.25) is 5.02 Å². The van der Waals surface area contributed by atoms with Gasteiger partial charge in [0.05, 0.1) is 31.2 Å². The van der Waals surface area contributed by atoms with E-state index in [1.165, 1.54) is 30.6 Å². The number of hydrogen-bond donors (Lipinski definition) is 1. The van der Waals surface area contributed by atoms with Gasteiger partial charge in [0.1, 0.15) is 22.5 Å². The minimum Gasteiger partial charge on any atom is -0.497 e. The van der Waals surface area contributed by atoms with Crippen molar-refractivity contribution in [3.8, 4) is 22.1 Å². The Morgan fingerprint density at radius 1 is 1.15 bits per heavy atom. The standard InChI is InChI=1S/C21H23ClN4O5S2/c1-5-17(26(33(4,28)29)14-8-11-18(31-3)16(22)12-14)19(27)23-21-25-24-20(32-21)13-6-9-15(30-2)10-7-13/h6-12,17H,5H2,1-4H3,(H,23,25,27)/t17-/m0/s1. The zero-order valence-electron chi connectivity index (χ0n) is 18.4. The Kier molecular flexibility index (Phi) is 7.77. The van der Waals surface area contributed by atoms with E-state index in [-0.39, 0.29) is 22.3 Å². The zero-order valence-corrected chi connectivity index (χ0v) is 20.8. The number of ether oxygens (including phenoxy) is 2. The fourth-order valence-corrected chi connectivity index (χ4v) is 5.37. The number of hydrogen-bond acceptors (Lipinski definition) is 8. The van der Waals surface area contributed by atoms with Crippen LogP contribution in [0.15, 0.2) is 42.5 Å². The average Bonchev–Trinajstić information content (AvgIpc) is 3.24. The Morgan fingerprint density at radius 2 is 1.85 bits per heavy atom. The molecule has 1 aromatic heterocycles. The number of anilines is 2. The first kappa shape index (κ1) is 24.7. The minimum absolute atomic E-state index is 0.215. The lowest BCUT2D eigenvalue weighted by atomic mass is 10.2. The van der Waals surface area contributed by atoms with Crippen LogP contribution in [-0.2, 0) is 14.8 Å². The summed E-state index contributed by atoms with van der Waals surface area (Å²) in [5, 5.41) is 11.9. The largest absolute Gasteiger partial charge is 0.497 e. The van der Waals surface area contributed by atoms with Gasteiger partial charge < -0.3 is 9.47 Å². The number of rotatable bonds is 9. The smallest absolute Gasteiger partial charge is 0.250 e. The maximum Gasteiger partial charge on any atom is 0.250 e. The molecule has 0 unspecified atom stereocenters. The van der Waals surface area contributed by atoms with Gasteiger partial charge in [-0.15, -0.1) is 10.2 Å². The molecule has 1 atom stereocenters. The zero-order chi connectivity index (χ0) is 24.2. The van der Waals surface area contributed by atoms with Gasteiger partial charge in [0.2, 0.25) is 21.1 Å². The highest BCUT2D eigenvalue weighted by molar-refractivity contribution is 7.92. The second kappa shape index (κ2) is 10.4. The van der Waals surface area contributed by atoms with Crippen molar-refractivity contribution in [1.29, 1.82) is 0 Å². The lowest BCUT2D eigenvalue weighted by Crippen LogP contribution is -2.47. The highest BCUT2D eigenvalue weighted by Crippen LogP contribution is 2.32. The molecule has 3 aromatic rings. The Bertz CT molecular complexity index is 1230. The molecule has 33 heavy (non-hydrogen) atoms. The van der Waals surface area contributed by atoms with Crippen LogP contribution in [0.25, 0.3) is 10.6 Å². The van der Waals surface area contributed by atoms with Gasteiger partial charge in [0.25, 0.3) is 0 Å². The van der Waals surface area contributed by atoms with Crippen LogP contribution in [0.4, 0.5) is 10.8 Å². The monoisotopic (exact) mass is 510 g/mol. The molecule has 1 heterocycles. The van der Waals surface area contributed by atoms with Crippen LogP contribution >= 0.6 is 22.9 Å². The third kappa shape index (κ3) is 5.73. The van der Waals surface area contributed by atoms with Crippen LogP contribution in [0, 0.1) is 0 Å². The Hall–Kier alpha value is -2.89. The summed E-state index contributed by atoms with van der Waals surface area (Å²) in [7, 11) is -0.780. The van der Waals surface area contributed by atoms with Crippen molar-refractivity contribution in [2.24, 2.45) is 0 Å². The summed E-state index contributed by atoms with van der Waals surface area (Å²) in [5.41, 5.74) is 1.06. The molecule has 1 amide bonds. The van der Waals surface area contributed by atoms with E-state index in [1.54, 1.807) is 32.2 Å². The number of nitrogens with zero attached hydrogens (tertiary/aromatic N) is 3. The van der Waals surface area contributed by atoms with Gasteiger partial charge in [0, 0.05) is 5.56 Å². The number of carbonyl (C=O) groups excluding carboxylic acids is 1. The molecule has 9 nitrogen and oxygen atoms in total. The second-order valence-electron chi connectivity index (χ2n) is 6.93. The molecule has 12 heteroatoms. The van der Waals surface area contributed by atoms with Crippen LogP contribution < -0.4 is 19.1 Å². The summed E-state index contributed by atoms with van der Waals surface area (Å²) in [5.74, 6) is 0.570. The number of methoxy groups -OCH3 is 2. The summed E-state index contributed by atoms with van der Waals surface area (Å²) < 4.78 is 36.6. The maximum absolute atomic E-state index is 13.1. The van der Waals surface area contributed by atoms with Crippen molar-refractivity contribution in [3.63, 3.8) is 0 Å². The molecule has 0 spiro atoms. The molecule has 0 aliphatic rings. The van der Waals surface area contributed by atoms with Crippen molar-refractivity contribution in [2.75, 3.05) is 30.1 Å². The van der Waals surface area contributed by atoms with Crippen molar-refractivity contribution in [1.82, 2.24) is 10.2 Å². The molecular weight excluding hydrogens is 488 g/mol. The van der Waals surface area contributed by atoms with Crippen molar-refractivity contribution < 1.29 is 22.7 Å². The molecule has 0 saturated carbocycles. The summed E-state index contributed by atoms with van der Waals surface area (Å²) in [6.45, 7) is 1.72. The van der Waals surface area contributed by atoms with Gasteiger partial charge in [-0.25, -0.2) is 8.42 Å². The Labute approximate surface area is 201 Å². The van der Waals surface area contributed by atoms with E-state index in [9.17, 15) is 13.2 Å². The van der Waals surface area contributed by atoms with Crippen LogP contribution in [0.1, 0.15) is 13.3 Å². The SMILES string of the molecule is CC[C@@H](C(=O)Nc1nnc(-c2ccc(OC)cc2)s1)N(c1ccc(OC)c(Cl)c1)S(C)(=O)=O. The highest BCUT2D eigenvalue weighted by atomic mass is 35.5. The molecule has 3 rings (SSSR count). The van der Waals surface area contributed by atoms with Crippen molar-refractivity contribution in [3.05, 3.63) is 47.5 Å². The Balaban J connectivity index is 1.85. The second-order valence-corrected chi connectivity index (χ2v) is 10.2. The fraction of sp³-hybridized carbons (Fsp3) is 0.286. The number of amides is 1. The minimum atomic E-state index is -3.82. The van der Waals surface area contributed by atoms with Crippen LogP contribution in [0.5, 0.6) is 11.5 Å². The number of carbonyl (C=O) groups is 1. The number of nitrogens with one attached hydrogen (secondary N) is 1. The normalized spacial score (nSPS) is 12.2. The third-order valence-electron chi connectivity index (χ3n) is 4.71. The van der Waals surface area contributed by atoms with E-state index in [4.69, 9.17) is 21.1 Å².